The summed E-state index contributed by atoms with van der Waals surface area (Å²) >= 11 is 2.06. The largest absolute Gasteiger partial charge is 0.366 e. The molecule has 0 spiro atoms. The fourth-order valence-electron chi connectivity index (χ4n) is 2.07. The Labute approximate surface area is 95.1 Å². The molecular formula is C11H17N3S. The van der Waals surface area contributed by atoms with Crippen molar-refractivity contribution >= 4 is 17.6 Å². The van der Waals surface area contributed by atoms with Crippen molar-refractivity contribution in [1.29, 1.82) is 0 Å². The minimum absolute atomic E-state index is 0.588. The summed E-state index contributed by atoms with van der Waals surface area (Å²) in [5, 5.41) is 4.26. The van der Waals surface area contributed by atoms with E-state index in [0.29, 0.717) is 6.04 Å². The summed E-state index contributed by atoms with van der Waals surface area (Å²) in [5.41, 5.74) is 0. The molecule has 2 rings (SSSR count). The van der Waals surface area contributed by atoms with E-state index in [1.807, 2.05) is 6.07 Å². The van der Waals surface area contributed by atoms with Gasteiger partial charge in [0, 0.05) is 17.5 Å². The summed E-state index contributed by atoms with van der Waals surface area (Å²) in [5.74, 6) is 2.16. The first-order valence-corrected chi connectivity index (χ1v) is 6.59. The Morgan fingerprint density at radius 2 is 2.47 bits per heavy atom. The van der Waals surface area contributed by atoms with Crippen molar-refractivity contribution in [1.82, 2.24) is 9.97 Å². The number of anilines is 1. The number of rotatable bonds is 4. The standard InChI is InChI=1S/C11H17N3S/c1-2-15-10-5-3-4-9(10)14-11-6-7-12-8-13-11/h6-10H,2-5H2,1H3,(H,12,13,14). The Morgan fingerprint density at radius 3 is 3.20 bits per heavy atom. The van der Waals surface area contributed by atoms with Crippen LogP contribution in [0.1, 0.15) is 26.2 Å². The lowest BCUT2D eigenvalue weighted by molar-refractivity contribution is 0.761. The maximum atomic E-state index is 4.21. The molecule has 1 heterocycles. The molecule has 4 heteroatoms. The van der Waals surface area contributed by atoms with Crippen LogP contribution in [-0.4, -0.2) is 27.0 Å². The van der Waals surface area contributed by atoms with Crippen molar-refractivity contribution in [3.63, 3.8) is 0 Å². The molecule has 1 aromatic rings. The zero-order valence-electron chi connectivity index (χ0n) is 9.02. The van der Waals surface area contributed by atoms with Gasteiger partial charge in [0.25, 0.3) is 0 Å². The lowest BCUT2D eigenvalue weighted by Crippen LogP contribution is -2.26. The van der Waals surface area contributed by atoms with Gasteiger partial charge in [0.15, 0.2) is 0 Å². The maximum absolute atomic E-state index is 4.21. The van der Waals surface area contributed by atoms with Crippen LogP contribution in [0.2, 0.25) is 0 Å². The molecule has 2 unspecified atom stereocenters. The van der Waals surface area contributed by atoms with Crippen LogP contribution in [0.4, 0.5) is 5.82 Å². The molecule has 15 heavy (non-hydrogen) atoms. The Morgan fingerprint density at radius 1 is 1.53 bits per heavy atom. The molecule has 0 aliphatic heterocycles. The first-order chi connectivity index (χ1) is 7.40. The van der Waals surface area contributed by atoms with E-state index in [4.69, 9.17) is 0 Å². The van der Waals surface area contributed by atoms with Crippen molar-refractivity contribution < 1.29 is 0 Å². The third-order valence-corrected chi connectivity index (χ3v) is 4.07. The van der Waals surface area contributed by atoms with E-state index in [1.165, 1.54) is 25.0 Å². The predicted molar refractivity (Wildman–Crippen MR) is 65.2 cm³/mol. The smallest absolute Gasteiger partial charge is 0.129 e. The zero-order chi connectivity index (χ0) is 10.5. The van der Waals surface area contributed by atoms with Crippen LogP contribution in [0, 0.1) is 0 Å². The summed E-state index contributed by atoms with van der Waals surface area (Å²) in [6, 6.07) is 2.52. The fourth-order valence-corrected chi connectivity index (χ4v) is 3.27. The molecule has 1 aliphatic carbocycles. The maximum Gasteiger partial charge on any atom is 0.129 e. The summed E-state index contributed by atoms with van der Waals surface area (Å²) < 4.78 is 0. The van der Waals surface area contributed by atoms with Gasteiger partial charge in [-0.3, -0.25) is 0 Å². The van der Waals surface area contributed by atoms with Crippen LogP contribution in [0.15, 0.2) is 18.6 Å². The van der Waals surface area contributed by atoms with Gasteiger partial charge >= 0.3 is 0 Å². The Hall–Kier alpha value is -0.770. The van der Waals surface area contributed by atoms with E-state index in [9.17, 15) is 0 Å². The molecule has 0 bridgehead atoms. The van der Waals surface area contributed by atoms with Crippen LogP contribution in [0.3, 0.4) is 0 Å². The van der Waals surface area contributed by atoms with Crippen molar-refractivity contribution in [3.05, 3.63) is 18.6 Å². The van der Waals surface area contributed by atoms with E-state index in [2.05, 4.69) is 34.0 Å². The van der Waals surface area contributed by atoms with Crippen molar-refractivity contribution in [2.45, 2.75) is 37.5 Å². The first kappa shape index (κ1) is 10.7. The van der Waals surface area contributed by atoms with Gasteiger partial charge in [0.05, 0.1) is 0 Å². The molecule has 2 atom stereocenters. The third-order valence-electron chi connectivity index (χ3n) is 2.75. The monoisotopic (exact) mass is 223 g/mol. The summed E-state index contributed by atoms with van der Waals surface area (Å²) in [6.45, 7) is 2.23. The molecule has 1 N–H and O–H groups in total. The lowest BCUT2D eigenvalue weighted by Gasteiger charge is -2.20. The Balaban J connectivity index is 1.93. The molecule has 0 aromatic carbocycles. The normalized spacial score (nSPS) is 25.4. The van der Waals surface area contributed by atoms with Crippen LogP contribution >= 0.6 is 11.8 Å². The second-order valence-electron chi connectivity index (χ2n) is 3.77. The van der Waals surface area contributed by atoms with Gasteiger partial charge in [0.2, 0.25) is 0 Å². The molecule has 1 aromatic heterocycles. The fraction of sp³-hybridized carbons (Fsp3) is 0.636. The van der Waals surface area contributed by atoms with Crippen LogP contribution in [0.25, 0.3) is 0 Å². The SMILES string of the molecule is CCSC1CCCC1Nc1ccncn1. The molecule has 3 nitrogen and oxygen atoms in total. The van der Waals surface area contributed by atoms with Crippen molar-refractivity contribution in [3.8, 4) is 0 Å². The van der Waals surface area contributed by atoms with E-state index >= 15 is 0 Å². The highest BCUT2D eigenvalue weighted by molar-refractivity contribution is 7.99. The minimum Gasteiger partial charge on any atom is -0.366 e. The second-order valence-corrected chi connectivity index (χ2v) is 5.29. The van der Waals surface area contributed by atoms with Gasteiger partial charge < -0.3 is 5.32 Å². The number of nitrogens with zero attached hydrogens (tertiary/aromatic N) is 2. The summed E-state index contributed by atoms with van der Waals surface area (Å²) in [4.78, 5) is 8.12. The summed E-state index contributed by atoms with van der Waals surface area (Å²) in [7, 11) is 0. The highest BCUT2D eigenvalue weighted by Gasteiger charge is 2.26. The second kappa shape index (κ2) is 5.35. The molecule has 82 valence electrons. The molecular weight excluding hydrogens is 206 g/mol. The summed E-state index contributed by atoms with van der Waals surface area (Å²) in [6.07, 6.45) is 7.31. The van der Waals surface area contributed by atoms with E-state index < -0.39 is 0 Å². The molecule has 0 radical (unpaired) electrons. The van der Waals surface area contributed by atoms with Crippen LogP contribution in [-0.2, 0) is 0 Å². The number of thioether (sulfide) groups is 1. The molecule has 0 saturated heterocycles. The molecule has 1 saturated carbocycles. The van der Waals surface area contributed by atoms with Gasteiger partial charge in [-0.25, -0.2) is 9.97 Å². The molecule has 0 amide bonds. The van der Waals surface area contributed by atoms with Gasteiger partial charge in [0.1, 0.15) is 12.1 Å². The number of nitrogens with one attached hydrogen (secondary N) is 1. The van der Waals surface area contributed by atoms with E-state index in [0.717, 1.165) is 11.1 Å². The lowest BCUT2D eigenvalue weighted by atomic mass is 10.2. The number of aromatic nitrogens is 2. The minimum atomic E-state index is 0.588. The van der Waals surface area contributed by atoms with Crippen molar-refractivity contribution in [2.75, 3.05) is 11.1 Å². The van der Waals surface area contributed by atoms with Gasteiger partial charge in [-0.2, -0.15) is 11.8 Å². The van der Waals surface area contributed by atoms with Gasteiger partial charge in [-0.05, 0) is 24.7 Å². The predicted octanol–water partition coefficient (Wildman–Crippen LogP) is 2.56. The Kier molecular flexibility index (Phi) is 3.83. The number of hydrogen-bond donors (Lipinski definition) is 1. The quantitative estimate of drug-likeness (QED) is 0.851. The number of hydrogen-bond acceptors (Lipinski definition) is 4. The molecule has 1 aliphatic rings. The highest BCUT2D eigenvalue weighted by Crippen LogP contribution is 2.31. The van der Waals surface area contributed by atoms with E-state index in [-0.39, 0.29) is 0 Å². The Bertz CT molecular complexity index is 291. The highest BCUT2D eigenvalue weighted by atomic mass is 32.2. The average molecular weight is 223 g/mol. The zero-order valence-corrected chi connectivity index (χ0v) is 9.83. The molecule has 1 fully saturated rings. The topological polar surface area (TPSA) is 37.8 Å². The van der Waals surface area contributed by atoms with Crippen LogP contribution < -0.4 is 5.32 Å². The van der Waals surface area contributed by atoms with E-state index in [1.54, 1.807) is 12.5 Å². The average Bonchev–Trinajstić information content (AvgIpc) is 2.68. The van der Waals surface area contributed by atoms with Crippen LogP contribution in [0.5, 0.6) is 0 Å². The third kappa shape index (κ3) is 2.84. The van der Waals surface area contributed by atoms with Gasteiger partial charge in [-0.1, -0.05) is 13.3 Å². The van der Waals surface area contributed by atoms with Crippen molar-refractivity contribution in [2.24, 2.45) is 0 Å². The van der Waals surface area contributed by atoms with Gasteiger partial charge in [-0.15, -0.1) is 0 Å². The first-order valence-electron chi connectivity index (χ1n) is 5.54.